The Morgan fingerprint density at radius 2 is 2.08 bits per heavy atom. The highest BCUT2D eigenvalue weighted by molar-refractivity contribution is 6.01. The zero-order valence-electron chi connectivity index (χ0n) is 14.1. The maximum Gasteiger partial charge on any atom is 0.230 e. The fourth-order valence-electron chi connectivity index (χ4n) is 3.06. The van der Waals surface area contributed by atoms with Crippen molar-refractivity contribution in [2.24, 2.45) is 0 Å². The minimum Gasteiger partial charge on any atom is -0.494 e. The molecule has 1 heterocycles. The summed E-state index contributed by atoms with van der Waals surface area (Å²) in [6.45, 7) is 0.250. The predicted molar refractivity (Wildman–Crippen MR) is 91.9 cm³/mol. The van der Waals surface area contributed by atoms with Crippen LogP contribution >= 0.6 is 0 Å². The predicted octanol–water partition coefficient (Wildman–Crippen LogP) is 2.92. The summed E-state index contributed by atoms with van der Waals surface area (Å²) in [6.07, 6.45) is 0.108. The molecule has 0 spiro atoms. The second-order valence-corrected chi connectivity index (χ2v) is 6.06. The molecular formula is C19H19FN2O3. The van der Waals surface area contributed by atoms with E-state index >= 15 is 0 Å². The van der Waals surface area contributed by atoms with Crippen LogP contribution in [-0.2, 0) is 16.1 Å². The van der Waals surface area contributed by atoms with Crippen LogP contribution in [0.2, 0.25) is 0 Å². The van der Waals surface area contributed by atoms with Crippen LogP contribution in [0.15, 0.2) is 42.5 Å². The van der Waals surface area contributed by atoms with E-state index in [1.165, 1.54) is 24.1 Å². The van der Waals surface area contributed by atoms with Crippen LogP contribution in [0.1, 0.15) is 23.5 Å². The number of benzene rings is 2. The summed E-state index contributed by atoms with van der Waals surface area (Å²) >= 11 is 0. The van der Waals surface area contributed by atoms with E-state index in [9.17, 15) is 14.0 Å². The molecule has 0 saturated carbocycles. The number of carbonyl (C=O) groups is 2. The fraction of sp³-hybridized carbons (Fsp3) is 0.263. The molecule has 1 aliphatic rings. The Kier molecular flexibility index (Phi) is 4.70. The van der Waals surface area contributed by atoms with Gasteiger partial charge in [0.25, 0.3) is 0 Å². The molecule has 2 aromatic rings. The first kappa shape index (κ1) is 17.0. The van der Waals surface area contributed by atoms with Crippen molar-refractivity contribution in [2.75, 3.05) is 19.5 Å². The molecule has 0 saturated heterocycles. The lowest BCUT2D eigenvalue weighted by Gasteiger charge is -2.28. The number of nitrogens with zero attached hydrogens (tertiary/aromatic N) is 1. The summed E-state index contributed by atoms with van der Waals surface area (Å²) in [5.74, 6) is -1.18. The van der Waals surface area contributed by atoms with Gasteiger partial charge in [0.2, 0.25) is 11.8 Å². The van der Waals surface area contributed by atoms with Gasteiger partial charge >= 0.3 is 0 Å². The molecule has 1 atom stereocenters. The van der Waals surface area contributed by atoms with Crippen LogP contribution in [-0.4, -0.2) is 30.9 Å². The van der Waals surface area contributed by atoms with Gasteiger partial charge in [0.1, 0.15) is 0 Å². The van der Waals surface area contributed by atoms with Gasteiger partial charge in [-0.3, -0.25) is 9.59 Å². The number of fused-ring (bicyclic) bond motifs is 1. The van der Waals surface area contributed by atoms with Gasteiger partial charge in [-0.05, 0) is 29.3 Å². The number of rotatable bonds is 4. The normalized spacial score (nSPS) is 16.0. The van der Waals surface area contributed by atoms with Gasteiger partial charge in [-0.25, -0.2) is 4.39 Å². The number of amides is 2. The van der Waals surface area contributed by atoms with E-state index in [0.29, 0.717) is 11.3 Å². The highest BCUT2D eigenvalue weighted by Crippen LogP contribution is 2.33. The SMILES string of the molecule is COc1ccc(CN(C)C(=O)C2CC(=O)Nc3ccccc32)cc1F. The van der Waals surface area contributed by atoms with Gasteiger partial charge in [0.15, 0.2) is 11.6 Å². The summed E-state index contributed by atoms with van der Waals surface area (Å²) in [5.41, 5.74) is 2.13. The van der Waals surface area contributed by atoms with Crippen molar-refractivity contribution in [1.29, 1.82) is 0 Å². The second kappa shape index (κ2) is 6.93. The lowest BCUT2D eigenvalue weighted by Crippen LogP contribution is -2.36. The molecule has 0 aliphatic carbocycles. The van der Waals surface area contributed by atoms with E-state index in [4.69, 9.17) is 4.74 Å². The first-order valence-electron chi connectivity index (χ1n) is 7.95. The number of anilines is 1. The van der Waals surface area contributed by atoms with Crippen LogP contribution in [0, 0.1) is 5.82 Å². The van der Waals surface area contributed by atoms with Gasteiger partial charge in [0.05, 0.1) is 13.0 Å². The highest BCUT2D eigenvalue weighted by Gasteiger charge is 2.32. The van der Waals surface area contributed by atoms with Gasteiger partial charge in [-0.1, -0.05) is 24.3 Å². The summed E-state index contributed by atoms with van der Waals surface area (Å²) < 4.78 is 18.7. The number of methoxy groups -OCH3 is 1. The van der Waals surface area contributed by atoms with Crippen molar-refractivity contribution in [1.82, 2.24) is 4.90 Å². The summed E-state index contributed by atoms with van der Waals surface area (Å²) in [4.78, 5) is 26.3. The molecule has 1 aliphatic heterocycles. The smallest absolute Gasteiger partial charge is 0.230 e. The van der Waals surface area contributed by atoms with Crippen molar-refractivity contribution in [3.8, 4) is 5.75 Å². The maximum absolute atomic E-state index is 13.8. The Bertz CT molecular complexity index is 822. The van der Waals surface area contributed by atoms with E-state index < -0.39 is 11.7 Å². The summed E-state index contributed by atoms with van der Waals surface area (Å²) in [5, 5.41) is 2.78. The van der Waals surface area contributed by atoms with Gasteiger partial charge < -0.3 is 15.0 Å². The van der Waals surface area contributed by atoms with Gasteiger partial charge in [-0.2, -0.15) is 0 Å². The zero-order valence-corrected chi connectivity index (χ0v) is 14.1. The number of hydrogen-bond acceptors (Lipinski definition) is 3. The molecule has 0 fully saturated rings. The largest absolute Gasteiger partial charge is 0.494 e. The lowest BCUT2D eigenvalue weighted by molar-refractivity contribution is -0.134. The second-order valence-electron chi connectivity index (χ2n) is 6.06. The fourth-order valence-corrected chi connectivity index (χ4v) is 3.06. The Morgan fingerprint density at radius 1 is 1.32 bits per heavy atom. The molecule has 3 rings (SSSR count). The van der Waals surface area contributed by atoms with Crippen LogP contribution in [0.4, 0.5) is 10.1 Å². The van der Waals surface area contributed by atoms with E-state index in [1.54, 1.807) is 19.2 Å². The van der Waals surface area contributed by atoms with Crippen LogP contribution in [0.5, 0.6) is 5.75 Å². The lowest BCUT2D eigenvalue weighted by atomic mass is 9.89. The Morgan fingerprint density at radius 3 is 2.80 bits per heavy atom. The average Bonchev–Trinajstić information content (AvgIpc) is 2.60. The molecule has 2 aromatic carbocycles. The number of ether oxygens (including phenoxy) is 1. The number of halogens is 1. The number of carbonyl (C=O) groups excluding carboxylic acids is 2. The quantitative estimate of drug-likeness (QED) is 0.929. The maximum atomic E-state index is 13.8. The van der Waals surface area contributed by atoms with Crippen molar-refractivity contribution in [2.45, 2.75) is 18.9 Å². The minimum atomic E-state index is -0.530. The van der Waals surface area contributed by atoms with Crippen LogP contribution in [0.25, 0.3) is 0 Å². The Hall–Kier alpha value is -2.89. The molecule has 130 valence electrons. The third-order valence-electron chi connectivity index (χ3n) is 4.31. The monoisotopic (exact) mass is 342 g/mol. The first-order valence-corrected chi connectivity index (χ1v) is 7.95. The van der Waals surface area contributed by atoms with E-state index in [1.807, 2.05) is 18.2 Å². The number of hydrogen-bond donors (Lipinski definition) is 1. The molecule has 25 heavy (non-hydrogen) atoms. The molecule has 5 nitrogen and oxygen atoms in total. The molecule has 2 amide bonds. The number of likely N-dealkylation sites (N-methyl/N-ethyl adjacent to an activating group) is 1. The highest BCUT2D eigenvalue weighted by atomic mass is 19.1. The van der Waals surface area contributed by atoms with E-state index in [2.05, 4.69) is 5.32 Å². The van der Waals surface area contributed by atoms with Gasteiger partial charge in [0, 0.05) is 25.7 Å². The summed E-state index contributed by atoms with van der Waals surface area (Å²) in [7, 11) is 3.05. The Labute approximate surface area is 145 Å². The molecule has 0 aromatic heterocycles. The molecule has 6 heteroatoms. The molecular weight excluding hydrogens is 323 g/mol. The summed E-state index contributed by atoms with van der Waals surface area (Å²) in [6, 6.07) is 11.9. The van der Waals surface area contributed by atoms with E-state index in [0.717, 1.165) is 5.56 Å². The van der Waals surface area contributed by atoms with E-state index in [-0.39, 0.29) is 30.5 Å². The van der Waals surface area contributed by atoms with Crippen molar-refractivity contribution >= 4 is 17.5 Å². The zero-order chi connectivity index (χ0) is 18.0. The minimum absolute atomic E-state index is 0.108. The standard InChI is InChI=1S/C19H19FN2O3/c1-22(11-12-7-8-17(25-2)15(20)9-12)19(24)14-10-18(23)21-16-6-4-3-5-13(14)16/h3-9,14H,10-11H2,1-2H3,(H,21,23). The molecule has 1 unspecified atom stereocenters. The van der Waals surface area contributed by atoms with Crippen LogP contribution < -0.4 is 10.1 Å². The van der Waals surface area contributed by atoms with Gasteiger partial charge in [-0.15, -0.1) is 0 Å². The number of para-hydroxylation sites is 1. The Balaban J connectivity index is 1.79. The van der Waals surface area contributed by atoms with Crippen molar-refractivity contribution < 1.29 is 18.7 Å². The molecule has 0 radical (unpaired) electrons. The van der Waals surface area contributed by atoms with Crippen molar-refractivity contribution in [3.05, 3.63) is 59.4 Å². The molecule has 1 N–H and O–H groups in total. The molecule has 0 bridgehead atoms. The third-order valence-corrected chi connectivity index (χ3v) is 4.31. The number of nitrogens with one attached hydrogen (secondary N) is 1. The third kappa shape index (κ3) is 3.47. The first-order chi connectivity index (χ1) is 12.0. The topological polar surface area (TPSA) is 58.6 Å². The average molecular weight is 342 g/mol. The van der Waals surface area contributed by atoms with Crippen molar-refractivity contribution in [3.63, 3.8) is 0 Å². The van der Waals surface area contributed by atoms with Crippen LogP contribution in [0.3, 0.4) is 0 Å².